The average molecular weight is 353 g/mol. The van der Waals surface area contributed by atoms with Crippen LogP contribution in [0.5, 0.6) is 0 Å². The summed E-state index contributed by atoms with van der Waals surface area (Å²) in [6.07, 6.45) is 5.36. The van der Waals surface area contributed by atoms with Crippen LogP contribution < -0.4 is 10.2 Å². The summed E-state index contributed by atoms with van der Waals surface area (Å²) in [6, 6.07) is 7.49. The molecule has 21 heavy (non-hydrogen) atoms. The molecule has 0 spiro atoms. The molecule has 1 aliphatic heterocycles. The van der Waals surface area contributed by atoms with Crippen LogP contribution in [-0.2, 0) is 6.54 Å². The molecule has 0 amide bonds. The van der Waals surface area contributed by atoms with Gasteiger partial charge in [-0.1, -0.05) is 34.8 Å². The van der Waals surface area contributed by atoms with Gasteiger partial charge in [-0.2, -0.15) is 0 Å². The molecule has 3 heteroatoms. The molecule has 1 heterocycles. The quantitative estimate of drug-likeness (QED) is 0.813. The Kier molecular flexibility index (Phi) is 5.73. The fourth-order valence-electron chi connectivity index (χ4n) is 2.88. The molecule has 0 aromatic heterocycles. The Balaban J connectivity index is 2.10. The fourth-order valence-corrected chi connectivity index (χ4v) is 3.38. The van der Waals surface area contributed by atoms with Crippen LogP contribution in [0, 0.1) is 0 Å². The van der Waals surface area contributed by atoms with Gasteiger partial charge in [0.15, 0.2) is 0 Å². The van der Waals surface area contributed by atoms with Crippen LogP contribution in [0.3, 0.4) is 0 Å². The summed E-state index contributed by atoms with van der Waals surface area (Å²) in [5, 5.41) is 3.55. The first kappa shape index (κ1) is 16.8. The summed E-state index contributed by atoms with van der Waals surface area (Å²) in [5.41, 5.74) is 2.84. The van der Waals surface area contributed by atoms with Crippen molar-refractivity contribution in [1.82, 2.24) is 5.32 Å². The van der Waals surface area contributed by atoms with Gasteiger partial charge in [0.1, 0.15) is 0 Å². The van der Waals surface area contributed by atoms with Gasteiger partial charge in [0.25, 0.3) is 0 Å². The largest absolute Gasteiger partial charge is 0.369 e. The molecule has 2 nitrogen and oxygen atoms in total. The number of nitrogens with zero attached hydrogens (tertiary/aromatic N) is 1. The van der Waals surface area contributed by atoms with Crippen molar-refractivity contribution in [1.29, 1.82) is 0 Å². The molecule has 1 aliphatic rings. The van der Waals surface area contributed by atoms with E-state index < -0.39 is 0 Å². The van der Waals surface area contributed by atoms with Crippen LogP contribution in [0.1, 0.15) is 58.9 Å². The molecule has 0 saturated carbocycles. The van der Waals surface area contributed by atoms with E-state index >= 15 is 0 Å². The van der Waals surface area contributed by atoms with Gasteiger partial charge >= 0.3 is 0 Å². The molecule has 1 unspecified atom stereocenters. The fraction of sp³-hybridized carbons (Fsp3) is 0.667. The minimum Gasteiger partial charge on any atom is -0.369 e. The lowest BCUT2D eigenvalue weighted by Gasteiger charge is -2.30. The van der Waals surface area contributed by atoms with Crippen molar-refractivity contribution in [3.05, 3.63) is 28.2 Å². The Hall–Kier alpha value is -0.540. The van der Waals surface area contributed by atoms with Gasteiger partial charge in [-0.05, 0) is 58.2 Å². The summed E-state index contributed by atoms with van der Waals surface area (Å²) in [5.74, 6) is 0. The highest BCUT2D eigenvalue weighted by atomic mass is 79.9. The van der Waals surface area contributed by atoms with Crippen LogP contribution in [0.4, 0.5) is 5.69 Å². The summed E-state index contributed by atoms with van der Waals surface area (Å²) in [7, 11) is 0. The van der Waals surface area contributed by atoms with E-state index in [0.29, 0.717) is 6.04 Å². The van der Waals surface area contributed by atoms with Gasteiger partial charge in [-0.25, -0.2) is 0 Å². The first-order chi connectivity index (χ1) is 9.87. The lowest BCUT2D eigenvalue weighted by Crippen LogP contribution is -2.35. The molecule has 0 radical (unpaired) electrons. The third-order valence-electron chi connectivity index (χ3n) is 4.23. The van der Waals surface area contributed by atoms with Gasteiger partial charge in [0.2, 0.25) is 0 Å². The molecule has 118 valence electrons. The topological polar surface area (TPSA) is 15.3 Å². The summed E-state index contributed by atoms with van der Waals surface area (Å²) >= 11 is 3.75. The number of rotatable bonds is 3. The van der Waals surface area contributed by atoms with Gasteiger partial charge in [-0.3, -0.25) is 0 Å². The van der Waals surface area contributed by atoms with E-state index in [-0.39, 0.29) is 5.54 Å². The second-order valence-corrected chi connectivity index (χ2v) is 8.13. The van der Waals surface area contributed by atoms with Crippen LogP contribution in [-0.4, -0.2) is 18.1 Å². The molecule has 1 aromatic rings. The number of halogens is 1. The number of benzene rings is 1. The zero-order valence-electron chi connectivity index (χ0n) is 13.9. The van der Waals surface area contributed by atoms with Crippen LogP contribution in [0.15, 0.2) is 22.7 Å². The summed E-state index contributed by atoms with van der Waals surface area (Å²) in [6.45, 7) is 11.1. The minimum atomic E-state index is 0.150. The van der Waals surface area contributed by atoms with Gasteiger partial charge in [-0.15, -0.1) is 0 Å². The zero-order valence-corrected chi connectivity index (χ0v) is 15.5. The number of nitrogens with one attached hydrogen (secondary N) is 1. The minimum absolute atomic E-state index is 0.150. The number of anilines is 1. The maximum Gasteiger partial charge on any atom is 0.0380 e. The Morgan fingerprint density at radius 1 is 1.24 bits per heavy atom. The van der Waals surface area contributed by atoms with Crippen molar-refractivity contribution in [2.75, 3.05) is 11.4 Å². The lowest BCUT2D eigenvalue weighted by atomic mass is 10.1. The second-order valence-electron chi connectivity index (χ2n) is 7.27. The van der Waals surface area contributed by atoms with Gasteiger partial charge in [0, 0.05) is 34.8 Å². The first-order valence-corrected chi connectivity index (χ1v) is 8.96. The lowest BCUT2D eigenvalue weighted by molar-refractivity contribution is 0.424. The molecule has 1 atom stereocenters. The third-order valence-corrected chi connectivity index (χ3v) is 4.97. The van der Waals surface area contributed by atoms with Crippen LogP contribution >= 0.6 is 15.9 Å². The molecule has 2 rings (SSSR count). The predicted molar refractivity (Wildman–Crippen MR) is 96.0 cm³/mol. The maximum absolute atomic E-state index is 3.75. The van der Waals surface area contributed by atoms with Crippen molar-refractivity contribution in [2.24, 2.45) is 0 Å². The molecule has 1 N–H and O–H groups in total. The van der Waals surface area contributed by atoms with E-state index in [2.05, 4.69) is 72.0 Å². The van der Waals surface area contributed by atoms with Crippen molar-refractivity contribution in [3.8, 4) is 0 Å². The molecule has 1 aromatic carbocycles. The normalized spacial score (nSPS) is 20.4. The smallest absolute Gasteiger partial charge is 0.0380 e. The standard InChI is InChI=1S/C18H29BrN2/c1-14-8-6-5-7-11-21(14)16-10-9-15(17(19)12-16)13-20-18(2,3)4/h9-10,12,14,20H,5-8,11,13H2,1-4H3. The summed E-state index contributed by atoms with van der Waals surface area (Å²) < 4.78 is 1.22. The molecule has 0 bridgehead atoms. The molecular formula is C18H29BrN2. The Bertz CT molecular complexity index is 465. The third kappa shape index (κ3) is 5.00. The number of hydrogen-bond donors (Lipinski definition) is 1. The van der Waals surface area contributed by atoms with E-state index in [4.69, 9.17) is 0 Å². The maximum atomic E-state index is 3.75. The molecule has 1 saturated heterocycles. The summed E-state index contributed by atoms with van der Waals surface area (Å²) in [4.78, 5) is 2.57. The highest BCUT2D eigenvalue weighted by Gasteiger charge is 2.18. The predicted octanol–water partition coefficient (Wildman–Crippen LogP) is 5.11. The van der Waals surface area contributed by atoms with E-state index in [1.54, 1.807) is 0 Å². The molecular weight excluding hydrogens is 324 g/mol. The zero-order chi connectivity index (χ0) is 15.5. The highest BCUT2D eigenvalue weighted by Crippen LogP contribution is 2.28. The SMILES string of the molecule is CC1CCCCCN1c1ccc(CNC(C)(C)C)c(Br)c1. The van der Waals surface area contributed by atoms with Crippen molar-refractivity contribution in [2.45, 2.75) is 71.5 Å². The van der Waals surface area contributed by atoms with Crippen molar-refractivity contribution in [3.63, 3.8) is 0 Å². The molecule has 0 aliphatic carbocycles. The average Bonchev–Trinajstić information content (AvgIpc) is 2.61. The number of hydrogen-bond acceptors (Lipinski definition) is 2. The Morgan fingerprint density at radius 2 is 2.00 bits per heavy atom. The Morgan fingerprint density at radius 3 is 2.67 bits per heavy atom. The highest BCUT2D eigenvalue weighted by molar-refractivity contribution is 9.10. The van der Waals surface area contributed by atoms with Crippen LogP contribution in [0.25, 0.3) is 0 Å². The van der Waals surface area contributed by atoms with E-state index in [1.807, 2.05) is 0 Å². The molecule has 1 fully saturated rings. The van der Waals surface area contributed by atoms with Gasteiger partial charge in [0.05, 0.1) is 0 Å². The van der Waals surface area contributed by atoms with E-state index in [1.165, 1.54) is 48.0 Å². The van der Waals surface area contributed by atoms with Gasteiger partial charge < -0.3 is 10.2 Å². The monoisotopic (exact) mass is 352 g/mol. The first-order valence-electron chi connectivity index (χ1n) is 8.17. The van der Waals surface area contributed by atoms with Crippen LogP contribution in [0.2, 0.25) is 0 Å². The van der Waals surface area contributed by atoms with E-state index in [9.17, 15) is 0 Å². The van der Waals surface area contributed by atoms with E-state index in [0.717, 1.165) is 6.54 Å². The Labute approximate surface area is 138 Å². The van der Waals surface area contributed by atoms with Crippen molar-refractivity contribution < 1.29 is 0 Å². The second kappa shape index (κ2) is 7.15. The van der Waals surface area contributed by atoms with Crippen molar-refractivity contribution >= 4 is 21.6 Å².